The summed E-state index contributed by atoms with van der Waals surface area (Å²) < 4.78 is 38.3. The maximum atomic E-state index is 12.8. The number of rotatable bonds is 1. The van der Waals surface area contributed by atoms with Gasteiger partial charge in [0, 0.05) is 17.1 Å². The summed E-state index contributed by atoms with van der Waals surface area (Å²) in [5.74, 6) is -1.55. The van der Waals surface area contributed by atoms with E-state index >= 15 is 0 Å². The Hall–Kier alpha value is -2.05. The number of carboxylic acid groups (broad SMARTS) is 1. The van der Waals surface area contributed by atoms with Gasteiger partial charge in [0.05, 0.1) is 5.22 Å². The van der Waals surface area contributed by atoms with Crippen LogP contribution in [0.5, 0.6) is 0 Å². The molecule has 1 aromatic rings. The molecule has 2 N–H and O–H groups in total. The van der Waals surface area contributed by atoms with Gasteiger partial charge in [0.25, 0.3) is 0 Å². The summed E-state index contributed by atoms with van der Waals surface area (Å²) in [5, 5.41) is 8.19. The van der Waals surface area contributed by atoms with Gasteiger partial charge in [-0.15, -0.1) is 0 Å². The van der Waals surface area contributed by atoms with E-state index < -0.39 is 33.9 Å². The van der Waals surface area contributed by atoms with Crippen LogP contribution >= 0.6 is 0 Å². The Morgan fingerprint density at radius 3 is 2.61 bits per heavy atom. The highest BCUT2D eigenvalue weighted by Crippen LogP contribution is 2.29. The van der Waals surface area contributed by atoms with Crippen molar-refractivity contribution in [1.82, 2.24) is 4.98 Å². The molecule has 4 nitrogen and oxygen atoms in total. The minimum Gasteiger partial charge on any atom is -0.477 e. The molecule has 18 heavy (non-hydrogen) atoms. The molecular weight excluding hydrogens is 251 g/mol. The Labute approximate surface area is 98.1 Å². The maximum Gasteiger partial charge on any atom is 0.413 e. The van der Waals surface area contributed by atoms with Crippen LogP contribution in [0.2, 0.25) is 0 Å². The third kappa shape index (κ3) is 1.92. The lowest BCUT2D eigenvalue weighted by molar-refractivity contribution is -0.0728. The first-order chi connectivity index (χ1) is 8.32. The molecule has 0 amide bonds. The van der Waals surface area contributed by atoms with Crippen molar-refractivity contribution in [2.24, 2.45) is 0 Å². The lowest BCUT2D eigenvalue weighted by atomic mass is 10.0. The molecule has 0 unspecified atom stereocenters. The van der Waals surface area contributed by atoms with E-state index in [0.29, 0.717) is 0 Å². The van der Waals surface area contributed by atoms with E-state index in [1.54, 1.807) is 0 Å². The molecule has 0 saturated heterocycles. The van der Waals surface area contributed by atoms with Crippen molar-refractivity contribution >= 4 is 17.6 Å². The fourth-order valence-corrected chi connectivity index (χ4v) is 1.93. The van der Waals surface area contributed by atoms with Gasteiger partial charge in [-0.2, -0.15) is 13.2 Å². The summed E-state index contributed by atoms with van der Waals surface area (Å²) >= 11 is 0. The molecule has 7 heteroatoms. The Balaban J connectivity index is 2.98. The van der Waals surface area contributed by atoms with Crippen molar-refractivity contribution in [2.45, 2.75) is 19.0 Å². The number of H-pyrrole nitrogens is 1. The number of nitrogens with one attached hydrogen (secondary N) is 1. The predicted octanol–water partition coefficient (Wildman–Crippen LogP) is 0.360. The molecule has 0 spiro atoms. The first kappa shape index (κ1) is 12.4. The fraction of sp³-hybridized carbons (Fsp3) is 0.273. The zero-order valence-electron chi connectivity index (χ0n) is 8.97. The molecule has 0 fully saturated rings. The Bertz CT molecular complexity index is 685. The highest BCUT2D eigenvalue weighted by molar-refractivity contribution is 5.87. The Morgan fingerprint density at radius 1 is 1.39 bits per heavy atom. The SMILES string of the molecule is O=C(O)c1c[nH]c2c(c1=O)=C(C(F)(F)F)CCC=2. The molecule has 0 radical (unpaired) electrons. The topological polar surface area (TPSA) is 70.2 Å². The number of hydrogen-bond donors (Lipinski definition) is 2. The fourth-order valence-electron chi connectivity index (χ4n) is 1.93. The predicted molar refractivity (Wildman–Crippen MR) is 56.4 cm³/mol. The van der Waals surface area contributed by atoms with Gasteiger partial charge in [0.1, 0.15) is 5.56 Å². The highest BCUT2D eigenvalue weighted by Gasteiger charge is 2.35. The Morgan fingerprint density at radius 2 is 2.06 bits per heavy atom. The molecule has 1 aliphatic rings. The zero-order valence-corrected chi connectivity index (χ0v) is 8.97. The van der Waals surface area contributed by atoms with Crippen LogP contribution in [0.3, 0.4) is 0 Å². The number of aromatic nitrogens is 1. The number of pyridine rings is 1. The molecule has 1 heterocycles. The van der Waals surface area contributed by atoms with Crippen LogP contribution in [0, 0.1) is 0 Å². The molecule has 96 valence electrons. The zero-order chi connectivity index (χ0) is 13.5. The summed E-state index contributed by atoms with van der Waals surface area (Å²) in [6.07, 6.45) is -2.42. The van der Waals surface area contributed by atoms with E-state index in [-0.39, 0.29) is 18.2 Å². The molecule has 0 aromatic carbocycles. The molecular formula is C11H8F3NO3. The number of aromatic carboxylic acids is 1. The van der Waals surface area contributed by atoms with Crippen LogP contribution in [0.1, 0.15) is 23.2 Å². The van der Waals surface area contributed by atoms with Gasteiger partial charge in [0.2, 0.25) is 5.43 Å². The average molecular weight is 259 g/mol. The van der Waals surface area contributed by atoms with Crippen LogP contribution in [0.25, 0.3) is 11.6 Å². The second-order valence-electron chi connectivity index (χ2n) is 3.84. The molecule has 0 aliphatic heterocycles. The number of carboxylic acids is 1. The molecule has 1 aliphatic carbocycles. The summed E-state index contributed by atoms with van der Waals surface area (Å²) in [4.78, 5) is 24.9. The summed E-state index contributed by atoms with van der Waals surface area (Å²) in [5.41, 5.74) is -2.75. The molecule has 0 bridgehead atoms. The Kier molecular flexibility index (Phi) is 2.76. The van der Waals surface area contributed by atoms with Gasteiger partial charge in [-0.25, -0.2) is 4.79 Å². The number of hydrogen-bond acceptors (Lipinski definition) is 2. The second-order valence-corrected chi connectivity index (χ2v) is 3.84. The molecule has 0 atom stereocenters. The quantitative estimate of drug-likeness (QED) is 0.765. The van der Waals surface area contributed by atoms with Gasteiger partial charge in [-0.1, -0.05) is 6.08 Å². The highest BCUT2D eigenvalue weighted by atomic mass is 19.4. The van der Waals surface area contributed by atoms with E-state index in [1.807, 2.05) is 0 Å². The smallest absolute Gasteiger partial charge is 0.413 e. The van der Waals surface area contributed by atoms with Crippen LogP contribution in [-0.2, 0) is 0 Å². The molecule has 1 aromatic heterocycles. The van der Waals surface area contributed by atoms with E-state index in [4.69, 9.17) is 5.11 Å². The first-order valence-electron chi connectivity index (χ1n) is 5.08. The van der Waals surface area contributed by atoms with Crippen molar-refractivity contribution < 1.29 is 23.1 Å². The van der Waals surface area contributed by atoms with Gasteiger partial charge in [-0.3, -0.25) is 4.79 Å². The van der Waals surface area contributed by atoms with Crippen LogP contribution in [0.4, 0.5) is 13.2 Å². The molecule has 2 rings (SSSR count). The van der Waals surface area contributed by atoms with Gasteiger partial charge >= 0.3 is 12.1 Å². The monoisotopic (exact) mass is 259 g/mol. The number of aromatic amines is 1. The minimum absolute atomic E-state index is 0.0311. The second kappa shape index (κ2) is 4.01. The third-order valence-electron chi connectivity index (χ3n) is 2.73. The van der Waals surface area contributed by atoms with Crippen molar-refractivity contribution in [3.05, 3.63) is 32.6 Å². The van der Waals surface area contributed by atoms with E-state index in [1.165, 1.54) is 6.08 Å². The maximum absolute atomic E-state index is 12.8. The number of carbonyl (C=O) groups is 1. The summed E-state index contributed by atoms with van der Waals surface area (Å²) in [7, 11) is 0. The van der Waals surface area contributed by atoms with E-state index in [9.17, 15) is 22.8 Å². The summed E-state index contributed by atoms with van der Waals surface area (Å²) in [6.45, 7) is 0. The summed E-state index contributed by atoms with van der Waals surface area (Å²) in [6, 6.07) is 0. The van der Waals surface area contributed by atoms with Gasteiger partial charge < -0.3 is 10.1 Å². The van der Waals surface area contributed by atoms with Crippen molar-refractivity contribution in [1.29, 1.82) is 0 Å². The van der Waals surface area contributed by atoms with Gasteiger partial charge in [0.15, 0.2) is 0 Å². The third-order valence-corrected chi connectivity index (χ3v) is 2.73. The number of alkyl halides is 3. The standard InChI is InChI=1S/C11H8F3NO3/c12-11(13,14)6-2-1-3-7-8(6)9(16)5(4-15-7)10(17)18/h3-4,15H,1-2H2,(H,17,18). The lowest BCUT2D eigenvalue weighted by Crippen LogP contribution is -2.48. The number of fused-ring (bicyclic) bond motifs is 1. The average Bonchev–Trinajstić information content (AvgIpc) is 2.27. The van der Waals surface area contributed by atoms with Crippen molar-refractivity contribution in [3.8, 4) is 0 Å². The van der Waals surface area contributed by atoms with E-state index in [0.717, 1.165) is 6.20 Å². The largest absolute Gasteiger partial charge is 0.477 e. The van der Waals surface area contributed by atoms with E-state index in [2.05, 4.69) is 4.98 Å². The normalized spacial score (nSPS) is 14.9. The molecule has 0 saturated carbocycles. The minimum atomic E-state index is -4.63. The van der Waals surface area contributed by atoms with Gasteiger partial charge in [-0.05, 0) is 12.8 Å². The van der Waals surface area contributed by atoms with Crippen LogP contribution in [-0.4, -0.2) is 22.2 Å². The lowest BCUT2D eigenvalue weighted by Gasteiger charge is -2.14. The van der Waals surface area contributed by atoms with Crippen LogP contribution < -0.4 is 16.0 Å². The van der Waals surface area contributed by atoms with Crippen LogP contribution in [0.15, 0.2) is 11.0 Å². The van der Waals surface area contributed by atoms with Crippen molar-refractivity contribution in [3.63, 3.8) is 0 Å². The number of halogens is 3. The van der Waals surface area contributed by atoms with Crippen molar-refractivity contribution in [2.75, 3.05) is 0 Å². The first-order valence-corrected chi connectivity index (χ1v) is 5.08.